The topological polar surface area (TPSA) is 85.9 Å². The second-order valence-corrected chi connectivity index (χ2v) is 4.13. The molecule has 0 heterocycles. The van der Waals surface area contributed by atoms with E-state index >= 15 is 0 Å². The van der Waals surface area contributed by atoms with Gasteiger partial charge in [0.05, 0.1) is 19.4 Å². The van der Waals surface area contributed by atoms with Crippen molar-refractivity contribution in [2.24, 2.45) is 10.8 Å². The summed E-state index contributed by atoms with van der Waals surface area (Å²) in [4.78, 5) is 10.6. The number of hydrazone groups is 1. The number of hydrogen-bond donors (Lipinski definition) is 2. The van der Waals surface area contributed by atoms with Crippen LogP contribution in [-0.2, 0) is 0 Å². The maximum absolute atomic E-state index is 10.6. The van der Waals surface area contributed by atoms with E-state index in [2.05, 4.69) is 10.5 Å². The molecule has 1 aromatic carbocycles. The van der Waals surface area contributed by atoms with Crippen molar-refractivity contribution in [3.05, 3.63) is 23.8 Å². The standard InChI is InChI=1S/C14H21N3O3/c1-3-7-19-12-6-5-11(10-16-17-14(15)18)13(9-12)20-8-4-2/h5-6,9-10H,3-4,7-8H2,1-2H3,(H3,15,17,18)/b16-10+. The van der Waals surface area contributed by atoms with Crippen molar-refractivity contribution >= 4 is 12.2 Å². The number of ether oxygens (including phenoxy) is 2. The summed E-state index contributed by atoms with van der Waals surface area (Å²) in [5, 5.41) is 3.73. The van der Waals surface area contributed by atoms with Gasteiger partial charge < -0.3 is 15.2 Å². The first-order valence-electron chi connectivity index (χ1n) is 6.65. The molecule has 0 fully saturated rings. The van der Waals surface area contributed by atoms with E-state index in [1.807, 2.05) is 32.0 Å². The minimum Gasteiger partial charge on any atom is -0.493 e. The van der Waals surface area contributed by atoms with E-state index in [1.54, 1.807) is 0 Å². The van der Waals surface area contributed by atoms with E-state index in [1.165, 1.54) is 6.21 Å². The molecule has 6 nitrogen and oxygen atoms in total. The summed E-state index contributed by atoms with van der Waals surface area (Å²) in [5.41, 5.74) is 7.83. The van der Waals surface area contributed by atoms with Gasteiger partial charge in [-0.2, -0.15) is 5.10 Å². The van der Waals surface area contributed by atoms with E-state index in [-0.39, 0.29) is 0 Å². The number of primary amides is 1. The third-order valence-electron chi connectivity index (χ3n) is 2.30. The maximum atomic E-state index is 10.6. The van der Waals surface area contributed by atoms with E-state index < -0.39 is 6.03 Å². The van der Waals surface area contributed by atoms with Crippen LogP contribution in [-0.4, -0.2) is 25.5 Å². The predicted octanol–water partition coefficient (Wildman–Crippen LogP) is 2.27. The Balaban J connectivity index is 2.84. The molecule has 0 saturated heterocycles. The highest BCUT2D eigenvalue weighted by molar-refractivity contribution is 5.85. The molecule has 0 aromatic heterocycles. The lowest BCUT2D eigenvalue weighted by Gasteiger charge is -2.11. The molecule has 6 heteroatoms. The number of nitrogens with one attached hydrogen (secondary N) is 1. The fourth-order valence-electron chi connectivity index (χ4n) is 1.43. The molecule has 0 aliphatic carbocycles. The van der Waals surface area contributed by atoms with E-state index in [0.717, 1.165) is 24.2 Å². The lowest BCUT2D eigenvalue weighted by molar-refractivity contribution is 0.249. The summed E-state index contributed by atoms with van der Waals surface area (Å²) in [6.45, 7) is 5.33. The Hall–Kier alpha value is -2.24. The number of benzene rings is 1. The molecule has 0 aliphatic rings. The lowest BCUT2D eigenvalue weighted by Crippen LogP contribution is -2.24. The van der Waals surface area contributed by atoms with Crippen molar-refractivity contribution in [1.29, 1.82) is 0 Å². The SMILES string of the molecule is CCCOc1ccc(/C=N/NC(N)=O)c(OCCC)c1. The number of nitrogens with two attached hydrogens (primary N) is 1. The van der Waals surface area contributed by atoms with Gasteiger partial charge in [0.25, 0.3) is 0 Å². The summed E-state index contributed by atoms with van der Waals surface area (Å²) in [5.74, 6) is 1.41. The van der Waals surface area contributed by atoms with Gasteiger partial charge in [0.2, 0.25) is 0 Å². The molecular formula is C14H21N3O3. The largest absolute Gasteiger partial charge is 0.493 e. The number of nitrogens with zero attached hydrogens (tertiary/aromatic N) is 1. The third-order valence-corrected chi connectivity index (χ3v) is 2.30. The van der Waals surface area contributed by atoms with Crippen molar-refractivity contribution in [1.82, 2.24) is 5.43 Å². The third kappa shape index (κ3) is 5.60. The summed E-state index contributed by atoms with van der Waals surface area (Å²) < 4.78 is 11.2. The molecule has 1 rings (SSSR count). The minimum absolute atomic E-state index is 0.599. The van der Waals surface area contributed by atoms with E-state index in [9.17, 15) is 4.79 Å². The fraction of sp³-hybridized carbons (Fsp3) is 0.429. The van der Waals surface area contributed by atoms with Crippen LogP contribution in [0.2, 0.25) is 0 Å². The Morgan fingerprint density at radius 1 is 1.30 bits per heavy atom. The molecule has 0 aliphatic heterocycles. The van der Waals surface area contributed by atoms with Gasteiger partial charge in [0.1, 0.15) is 11.5 Å². The van der Waals surface area contributed by atoms with E-state index in [0.29, 0.717) is 19.0 Å². The molecular weight excluding hydrogens is 258 g/mol. The lowest BCUT2D eigenvalue weighted by atomic mass is 10.2. The van der Waals surface area contributed by atoms with Crippen LogP contribution < -0.4 is 20.6 Å². The molecule has 0 bridgehead atoms. The molecule has 2 amide bonds. The van der Waals surface area contributed by atoms with Crippen LogP contribution in [0.5, 0.6) is 11.5 Å². The molecule has 3 N–H and O–H groups in total. The quantitative estimate of drug-likeness (QED) is 0.565. The van der Waals surface area contributed by atoms with Crippen LogP contribution in [0.3, 0.4) is 0 Å². The predicted molar refractivity (Wildman–Crippen MR) is 78.3 cm³/mol. The highest BCUT2D eigenvalue weighted by Gasteiger charge is 2.04. The van der Waals surface area contributed by atoms with Crippen molar-refractivity contribution in [2.75, 3.05) is 13.2 Å². The number of urea groups is 1. The second kappa shape index (κ2) is 8.79. The highest BCUT2D eigenvalue weighted by Crippen LogP contribution is 2.24. The van der Waals surface area contributed by atoms with Crippen molar-refractivity contribution in [3.8, 4) is 11.5 Å². The van der Waals surface area contributed by atoms with Crippen LogP contribution in [0.4, 0.5) is 4.79 Å². The molecule has 0 unspecified atom stereocenters. The fourth-order valence-corrected chi connectivity index (χ4v) is 1.43. The molecule has 0 radical (unpaired) electrons. The monoisotopic (exact) mass is 279 g/mol. The average Bonchev–Trinajstić information content (AvgIpc) is 2.44. The first kappa shape index (κ1) is 15.8. The van der Waals surface area contributed by atoms with Crippen LogP contribution in [0.1, 0.15) is 32.3 Å². The van der Waals surface area contributed by atoms with Crippen LogP contribution in [0, 0.1) is 0 Å². The van der Waals surface area contributed by atoms with Gasteiger partial charge in [-0.3, -0.25) is 0 Å². The highest BCUT2D eigenvalue weighted by atomic mass is 16.5. The van der Waals surface area contributed by atoms with Gasteiger partial charge in [0, 0.05) is 11.6 Å². The molecule has 0 saturated carbocycles. The average molecular weight is 279 g/mol. The van der Waals surface area contributed by atoms with Crippen LogP contribution in [0.15, 0.2) is 23.3 Å². The summed E-state index contributed by atoms with van der Waals surface area (Å²) >= 11 is 0. The second-order valence-electron chi connectivity index (χ2n) is 4.13. The first-order chi connectivity index (χ1) is 9.67. The Labute approximate surface area is 118 Å². The van der Waals surface area contributed by atoms with Gasteiger partial charge in [-0.15, -0.1) is 0 Å². The number of hydrogen-bond acceptors (Lipinski definition) is 4. The van der Waals surface area contributed by atoms with Gasteiger partial charge >= 0.3 is 6.03 Å². The Bertz CT molecular complexity index is 461. The van der Waals surface area contributed by atoms with Gasteiger partial charge in [-0.05, 0) is 25.0 Å². The normalized spacial score (nSPS) is 10.5. The van der Waals surface area contributed by atoms with Gasteiger partial charge in [0.15, 0.2) is 0 Å². The maximum Gasteiger partial charge on any atom is 0.332 e. The molecule has 1 aromatic rings. The molecule has 110 valence electrons. The Morgan fingerprint density at radius 2 is 2.00 bits per heavy atom. The molecule has 0 atom stereocenters. The first-order valence-corrected chi connectivity index (χ1v) is 6.65. The zero-order chi connectivity index (χ0) is 14.8. The smallest absolute Gasteiger partial charge is 0.332 e. The zero-order valence-corrected chi connectivity index (χ0v) is 11.9. The summed E-state index contributed by atoms with van der Waals surface area (Å²) in [6, 6.07) is 4.76. The number of amides is 2. The molecule has 20 heavy (non-hydrogen) atoms. The van der Waals surface area contributed by atoms with Crippen molar-refractivity contribution in [2.45, 2.75) is 26.7 Å². The summed E-state index contributed by atoms with van der Waals surface area (Å²) in [7, 11) is 0. The van der Waals surface area contributed by atoms with Crippen LogP contribution >= 0.6 is 0 Å². The van der Waals surface area contributed by atoms with Crippen molar-refractivity contribution < 1.29 is 14.3 Å². The Kier molecular flexibility index (Phi) is 6.95. The van der Waals surface area contributed by atoms with E-state index in [4.69, 9.17) is 15.2 Å². The number of carbonyl (C=O) groups excluding carboxylic acids is 1. The minimum atomic E-state index is -0.708. The zero-order valence-electron chi connectivity index (χ0n) is 11.9. The van der Waals surface area contributed by atoms with Crippen LogP contribution in [0.25, 0.3) is 0 Å². The summed E-state index contributed by atoms with van der Waals surface area (Å²) in [6.07, 6.45) is 3.33. The Morgan fingerprint density at radius 3 is 2.65 bits per heavy atom. The van der Waals surface area contributed by atoms with Crippen molar-refractivity contribution in [3.63, 3.8) is 0 Å². The van der Waals surface area contributed by atoms with Gasteiger partial charge in [-0.1, -0.05) is 13.8 Å². The van der Waals surface area contributed by atoms with Gasteiger partial charge in [-0.25, -0.2) is 10.2 Å². The molecule has 0 spiro atoms. The number of carbonyl (C=O) groups is 1. The number of rotatable bonds is 8.